The monoisotopic (exact) mass is 291 g/mol. The Balaban J connectivity index is 1.80. The van der Waals surface area contributed by atoms with Crippen molar-refractivity contribution in [1.29, 1.82) is 0 Å². The van der Waals surface area contributed by atoms with Crippen LogP contribution in [-0.4, -0.2) is 32.5 Å². The maximum Gasteiger partial charge on any atom is 0.392 e. The zero-order valence-electron chi connectivity index (χ0n) is 11.7. The van der Waals surface area contributed by atoms with Crippen molar-refractivity contribution in [3.63, 3.8) is 0 Å². The maximum atomic E-state index is 10.7. The largest absolute Gasteiger partial charge is 0.392 e. The summed E-state index contributed by atoms with van der Waals surface area (Å²) in [5.74, 6) is -0.188. The van der Waals surface area contributed by atoms with Gasteiger partial charge in [-0.15, -0.1) is 0 Å². The molecule has 7 heteroatoms. The lowest BCUT2D eigenvalue weighted by molar-refractivity contribution is -0.390. The number of rotatable bonds is 7. The average molecular weight is 291 g/mol. The number of aromatic nitrogens is 2. The van der Waals surface area contributed by atoms with Crippen molar-refractivity contribution < 1.29 is 14.8 Å². The SMILES string of the molecule is Cc1cn(CC(O)COCc2ccccc2)nc1[N+](=O)[O-]. The van der Waals surface area contributed by atoms with Crippen molar-refractivity contribution in [2.75, 3.05) is 6.61 Å². The van der Waals surface area contributed by atoms with Crippen LogP contribution in [0.1, 0.15) is 11.1 Å². The first-order valence-corrected chi connectivity index (χ1v) is 6.54. The lowest BCUT2D eigenvalue weighted by Gasteiger charge is -2.09. The number of aliphatic hydroxyl groups is 1. The second-order valence-corrected chi connectivity index (χ2v) is 4.77. The molecule has 0 radical (unpaired) electrons. The Morgan fingerprint density at radius 3 is 2.76 bits per heavy atom. The highest BCUT2D eigenvalue weighted by atomic mass is 16.6. The third kappa shape index (κ3) is 4.37. The van der Waals surface area contributed by atoms with Crippen LogP contribution >= 0.6 is 0 Å². The van der Waals surface area contributed by atoms with Gasteiger partial charge in [-0.25, -0.2) is 0 Å². The first-order valence-electron chi connectivity index (χ1n) is 6.54. The molecule has 0 saturated heterocycles. The smallest absolute Gasteiger partial charge is 0.389 e. The van der Waals surface area contributed by atoms with E-state index in [-0.39, 0.29) is 19.0 Å². The fourth-order valence-corrected chi connectivity index (χ4v) is 1.94. The fourth-order valence-electron chi connectivity index (χ4n) is 1.94. The van der Waals surface area contributed by atoms with E-state index in [1.807, 2.05) is 30.3 Å². The van der Waals surface area contributed by atoms with Crippen LogP contribution in [0.15, 0.2) is 36.5 Å². The first-order chi connectivity index (χ1) is 10.1. The Kier molecular flexibility index (Phi) is 5.02. The van der Waals surface area contributed by atoms with Gasteiger partial charge in [-0.3, -0.25) is 0 Å². The van der Waals surface area contributed by atoms with E-state index >= 15 is 0 Å². The summed E-state index contributed by atoms with van der Waals surface area (Å²) < 4.78 is 6.78. The molecule has 0 fully saturated rings. The molecule has 1 aromatic carbocycles. The van der Waals surface area contributed by atoms with Crippen LogP contribution in [0.3, 0.4) is 0 Å². The molecule has 0 saturated carbocycles. The van der Waals surface area contributed by atoms with Crippen molar-refractivity contribution in [1.82, 2.24) is 9.78 Å². The van der Waals surface area contributed by atoms with Crippen LogP contribution in [-0.2, 0) is 17.9 Å². The van der Waals surface area contributed by atoms with Crippen LogP contribution in [0.2, 0.25) is 0 Å². The Morgan fingerprint density at radius 1 is 1.43 bits per heavy atom. The molecule has 0 aliphatic carbocycles. The van der Waals surface area contributed by atoms with Crippen LogP contribution in [0.4, 0.5) is 5.82 Å². The molecule has 21 heavy (non-hydrogen) atoms. The standard InChI is InChI=1S/C14H17N3O4/c1-11-7-16(15-14(11)17(19)20)8-13(18)10-21-9-12-5-3-2-4-6-12/h2-7,13,18H,8-10H2,1H3. The molecule has 0 amide bonds. The van der Waals surface area contributed by atoms with Crippen molar-refractivity contribution >= 4 is 5.82 Å². The summed E-state index contributed by atoms with van der Waals surface area (Å²) in [5.41, 5.74) is 1.49. The van der Waals surface area contributed by atoms with E-state index in [9.17, 15) is 15.2 Å². The first kappa shape index (κ1) is 15.1. The van der Waals surface area contributed by atoms with Gasteiger partial charge in [0.15, 0.2) is 0 Å². The highest BCUT2D eigenvalue weighted by Gasteiger charge is 2.18. The Bertz CT molecular complexity index is 598. The highest BCUT2D eigenvalue weighted by Crippen LogP contribution is 2.14. The van der Waals surface area contributed by atoms with Gasteiger partial charge in [-0.05, 0) is 17.4 Å². The van der Waals surface area contributed by atoms with Gasteiger partial charge in [0, 0.05) is 0 Å². The van der Waals surface area contributed by atoms with E-state index in [2.05, 4.69) is 5.10 Å². The Labute approximate surface area is 121 Å². The number of ether oxygens (including phenoxy) is 1. The summed E-state index contributed by atoms with van der Waals surface area (Å²) >= 11 is 0. The van der Waals surface area contributed by atoms with Crippen LogP contribution in [0, 0.1) is 17.0 Å². The van der Waals surface area contributed by atoms with Gasteiger partial charge >= 0.3 is 5.82 Å². The third-order valence-corrected chi connectivity index (χ3v) is 2.91. The Morgan fingerprint density at radius 2 is 2.14 bits per heavy atom. The molecule has 2 rings (SSSR count). The minimum absolute atomic E-state index is 0.140. The summed E-state index contributed by atoms with van der Waals surface area (Å²) in [6, 6.07) is 9.63. The predicted molar refractivity (Wildman–Crippen MR) is 75.7 cm³/mol. The molecule has 0 aliphatic rings. The van der Waals surface area contributed by atoms with E-state index in [1.165, 1.54) is 4.68 Å². The van der Waals surface area contributed by atoms with Gasteiger partial charge in [-0.2, -0.15) is 4.68 Å². The molecule has 1 aromatic heterocycles. The summed E-state index contributed by atoms with van der Waals surface area (Å²) in [4.78, 5) is 10.2. The number of benzene rings is 1. The fraction of sp³-hybridized carbons (Fsp3) is 0.357. The number of nitro groups is 1. The Hall–Kier alpha value is -2.25. The van der Waals surface area contributed by atoms with Gasteiger partial charge in [0.25, 0.3) is 0 Å². The molecule has 7 nitrogen and oxygen atoms in total. The quantitative estimate of drug-likeness (QED) is 0.619. The second kappa shape index (κ2) is 6.96. The summed E-state index contributed by atoms with van der Waals surface area (Å²) in [6.45, 7) is 2.32. The van der Waals surface area contributed by atoms with Crippen LogP contribution < -0.4 is 0 Å². The molecular formula is C14H17N3O4. The lowest BCUT2D eigenvalue weighted by atomic mass is 10.2. The third-order valence-electron chi connectivity index (χ3n) is 2.91. The number of hydrogen-bond donors (Lipinski definition) is 1. The number of nitrogens with zero attached hydrogens (tertiary/aromatic N) is 3. The molecule has 112 valence electrons. The zero-order chi connectivity index (χ0) is 15.2. The molecular weight excluding hydrogens is 274 g/mol. The molecule has 1 N–H and O–H groups in total. The van der Waals surface area contributed by atoms with Crippen molar-refractivity contribution in [3.05, 3.63) is 57.8 Å². The summed E-state index contributed by atoms with van der Waals surface area (Å²) in [6.07, 6.45) is 0.770. The summed E-state index contributed by atoms with van der Waals surface area (Å²) in [7, 11) is 0. The summed E-state index contributed by atoms with van der Waals surface area (Å²) in [5, 5.41) is 24.4. The molecule has 2 aromatic rings. The molecule has 1 unspecified atom stereocenters. The normalized spacial score (nSPS) is 12.3. The molecule has 0 bridgehead atoms. The molecule has 1 heterocycles. The maximum absolute atomic E-state index is 10.7. The van der Waals surface area contributed by atoms with Gasteiger partial charge < -0.3 is 20.0 Å². The molecule has 0 aliphatic heterocycles. The minimum Gasteiger partial charge on any atom is -0.389 e. The topological polar surface area (TPSA) is 90.4 Å². The zero-order valence-corrected chi connectivity index (χ0v) is 11.7. The lowest BCUT2D eigenvalue weighted by Crippen LogP contribution is -2.22. The van der Waals surface area contributed by atoms with Gasteiger partial charge in [0.05, 0.1) is 42.7 Å². The van der Waals surface area contributed by atoms with Crippen LogP contribution in [0.5, 0.6) is 0 Å². The van der Waals surface area contributed by atoms with Crippen molar-refractivity contribution in [2.24, 2.45) is 0 Å². The van der Waals surface area contributed by atoms with Crippen molar-refractivity contribution in [3.8, 4) is 0 Å². The second-order valence-electron chi connectivity index (χ2n) is 4.77. The number of hydrogen-bond acceptors (Lipinski definition) is 5. The van der Waals surface area contributed by atoms with E-state index in [0.717, 1.165) is 5.56 Å². The minimum atomic E-state index is -0.771. The molecule has 1 atom stereocenters. The predicted octanol–water partition coefficient (Wildman–Crippen LogP) is 1.68. The number of aryl methyl sites for hydroxylation is 1. The van der Waals surface area contributed by atoms with Crippen molar-refractivity contribution in [2.45, 2.75) is 26.2 Å². The van der Waals surface area contributed by atoms with Crippen LogP contribution in [0.25, 0.3) is 0 Å². The van der Waals surface area contributed by atoms with Gasteiger partial charge in [-0.1, -0.05) is 30.3 Å². The van der Waals surface area contributed by atoms with Gasteiger partial charge in [0.2, 0.25) is 0 Å². The van der Waals surface area contributed by atoms with E-state index < -0.39 is 11.0 Å². The number of aliphatic hydroxyl groups excluding tert-OH is 1. The highest BCUT2D eigenvalue weighted by molar-refractivity contribution is 5.28. The van der Waals surface area contributed by atoms with Gasteiger partial charge in [0.1, 0.15) is 0 Å². The van der Waals surface area contributed by atoms with E-state index in [0.29, 0.717) is 12.2 Å². The average Bonchev–Trinajstić information content (AvgIpc) is 2.81. The van der Waals surface area contributed by atoms with E-state index in [1.54, 1.807) is 13.1 Å². The molecule has 0 spiro atoms. The van der Waals surface area contributed by atoms with E-state index in [4.69, 9.17) is 4.74 Å².